The molecule has 6 nitrogen and oxygen atoms in total. The van der Waals surface area contributed by atoms with Gasteiger partial charge in [-0.1, -0.05) is 45.0 Å². The number of hydrogen-bond donors (Lipinski definition) is 3. The van der Waals surface area contributed by atoms with Gasteiger partial charge < -0.3 is 15.5 Å². The van der Waals surface area contributed by atoms with E-state index in [-0.39, 0.29) is 18.2 Å². The average molecular weight is 293 g/mol. The van der Waals surface area contributed by atoms with Gasteiger partial charge in [-0.05, 0) is 16.5 Å². The number of rotatable bonds is 6. The lowest BCUT2D eigenvalue weighted by Crippen LogP contribution is -2.59. The highest BCUT2D eigenvalue weighted by Crippen LogP contribution is 2.23. The Morgan fingerprint density at radius 1 is 1.10 bits per heavy atom. The second-order valence-electron chi connectivity index (χ2n) is 5.90. The Bertz CT molecular complexity index is 528. The van der Waals surface area contributed by atoms with Crippen molar-refractivity contribution in [3.05, 3.63) is 35.4 Å². The highest BCUT2D eigenvalue weighted by atomic mass is 16.4. The van der Waals surface area contributed by atoms with Crippen molar-refractivity contribution in [2.45, 2.75) is 38.1 Å². The molecule has 0 aromatic heterocycles. The van der Waals surface area contributed by atoms with Crippen LogP contribution in [0.4, 0.5) is 0 Å². The number of nitrogens with one attached hydrogen (secondary N) is 1. The topological polar surface area (TPSA) is 104 Å². The van der Waals surface area contributed by atoms with Crippen LogP contribution in [0.2, 0.25) is 0 Å². The van der Waals surface area contributed by atoms with Gasteiger partial charge in [0, 0.05) is 6.42 Å². The molecule has 0 spiro atoms. The molecule has 0 aliphatic heterocycles. The van der Waals surface area contributed by atoms with Crippen molar-refractivity contribution >= 4 is 18.3 Å². The zero-order valence-corrected chi connectivity index (χ0v) is 12.2. The molecule has 1 aromatic carbocycles. The molecule has 0 saturated carbocycles. The summed E-state index contributed by atoms with van der Waals surface area (Å²) in [5.41, 5.74) is -0.852. The summed E-state index contributed by atoms with van der Waals surface area (Å²) in [6.07, 6.45) is -0.243. The summed E-state index contributed by atoms with van der Waals surface area (Å²) in [4.78, 5) is 33.1. The maximum Gasteiger partial charge on any atom is 0.341 e. The van der Waals surface area contributed by atoms with Gasteiger partial charge in [0.2, 0.25) is 11.9 Å². The first kappa shape index (κ1) is 16.7. The van der Waals surface area contributed by atoms with Gasteiger partial charge in [-0.25, -0.2) is 9.59 Å². The average Bonchev–Trinajstić information content (AvgIpc) is 2.37. The Balaban J connectivity index is 3.13. The second kappa shape index (κ2) is 5.95. The molecule has 0 atom stereocenters. The van der Waals surface area contributed by atoms with Crippen molar-refractivity contribution in [3.63, 3.8) is 0 Å². The van der Waals surface area contributed by atoms with E-state index in [0.717, 1.165) is 5.56 Å². The predicted molar refractivity (Wildman–Crippen MR) is 76.0 cm³/mol. The lowest BCUT2D eigenvalue weighted by molar-refractivity contribution is -0.160. The summed E-state index contributed by atoms with van der Waals surface area (Å²) in [5.74, 6) is -3.22. The fraction of sp³-hybridized carbons (Fsp3) is 0.400. The summed E-state index contributed by atoms with van der Waals surface area (Å²) in [7, 11) is 0. The van der Waals surface area contributed by atoms with E-state index in [9.17, 15) is 14.4 Å². The highest BCUT2D eigenvalue weighted by Gasteiger charge is 2.46. The lowest BCUT2D eigenvalue weighted by Gasteiger charge is -2.25. The van der Waals surface area contributed by atoms with Gasteiger partial charge in [0.25, 0.3) is 0 Å². The van der Waals surface area contributed by atoms with Gasteiger partial charge in [-0.15, -0.1) is 0 Å². The van der Waals surface area contributed by atoms with Gasteiger partial charge in [-0.2, -0.15) is 0 Å². The number of carboxylic acids is 2. The molecular weight excluding hydrogens is 274 g/mol. The Kier molecular flexibility index (Phi) is 4.73. The Labute approximate surface area is 122 Å². The van der Waals surface area contributed by atoms with E-state index in [2.05, 4.69) is 0 Å². The number of benzene rings is 1. The van der Waals surface area contributed by atoms with Crippen LogP contribution in [0.25, 0.3) is 0 Å². The molecule has 0 aliphatic carbocycles. The minimum Gasteiger partial charge on any atom is -0.479 e. The van der Waals surface area contributed by atoms with E-state index < -0.39 is 17.5 Å². The molecule has 0 fully saturated rings. The SMILES string of the molecule is CC(C)(C)c1ccc(CC(NC=O)(C(=O)O)C(=O)O)cc1. The third kappa shape index (κ3) is 3.59. The van der Waals surface area contributed by atoms with Crippen molar-refractivity contribution in [3.8, 4) is 0 Å². The first-order chi connectivity index (χ1) is 9.63. The third-order valence-corrected chi connectivity index (χ3v) is 3.32. The number of amides is 1. The molecule has 1 rings (SSSR count). The first-order valence-corrected chi connectivity index (χ1v) is 6.41. The Morgan fingerprint density at radius 3 is 1.90 bits per heavy atom. The summed E-state index contributed by atoms with van der Waals surface area (Å²) in [5, 5.41) is 20.2. The largest absolute Gasteiger partial charge is 0.479 e. The fourth-order valence-electron chi connectivity index (χ4n) is 1.95. The van der Waals surface area contributed by atoms with E-state index in [1.54, 1.807) is 12.1 Å². The van der Waals surface area contributed by atoms with Gasteiger partial charge in [0.1, 0.15) is 0 Å². The number of aliphatic carboxylic acids is 2. The monoisotopic (exact) mass is 293 g/mol. The van der Waals surface area contributed by atoms with Crippen LogP contribution < -0.4 is 5.32 Å². The van der Waals surface area contributed by atoms with Crippen LogP contribution >= 0.6 is 0 Å². The maximum absolute atomic E-state index is 11.3. The molecule has 21 heavy (non-hydrogen) atoms. The van der Waals surface area contributed by atoms with E-state index in [1.807, 2.05) is 38.2 Å². The van der Waals surface area contributed by atoms with Crippen molar-refractivity contribution in [1.82, 2.24) is 5.32 Å². The molecule has 1 amide bonds. The van der Waals surface area contributed by atoms with Crippen LogP contribution in [0.15, 0.2) is 24.3 Å². The molecule has 0 bridgehead atoms. The first-order valence-electron chi connectivity index (χ1n) is 6.41. The minimum absolute atomic E-state index is 0.0593. The van der Waals surface area contributed by atoms with Crippen LogP contribution in [-0.2, 0) is 26.2 Å². The molecule has 0 unspecified atom stereocenters. The summed E-state index contributed by atoms with van der Waals surface area (Å²) < 4.78 is 0. The number of carbonyl (C=O) groups excluding carboxylic acids is 1. The quantitative estimate of drug-likeness (QED) is 0.540. The summed E-state index contributed by atoms with van der Waals surface area (Å²) >= 11 is 0. The van der Waals surface area contributed by atoms with Gasteiger partial charge >= 0.3 is 11.9 Å². The molecule has 114 valence electrons. The molecular formula is C15H19NO5. The van der Waals surface area contributed by atoms with E-state index >= 15 is 0 Å². The lowest BCUT2D eigenvalue weighted by atomic mass is 9.85. The normalized spacial score (nSPS) is 11.8. The highest BCUT2D eigenvalue weighted by molar-refractivity contribution is 6.05. The molecule has 0 heterocycles. The van der Waals surface area contributed by atoms with Crippen LogP contribution in [0.3, 0.4) is 0 Å². The van der Waals surface area contributed by atoms with Crippen LogP contribution in [0, 0.1) is 0 Å². The van der Waals surface area contributed by atoms with Crippen LogP contribution in [-0.4, -0.2) is 34.1 Å². The number of carboxylic acid groups (broad SMARTS) is 2. The maximum atomic E-state index is 11.3. The van der Waals surface area contributed by atoms with Crippen molar-refractivity contribution in [2.75, 3.05) is 0 Å². The fourth-order valence-corrected chi connectivity index (χ4v) is 1.95. The van der Waals surface area contributed by atoms with Gasteiger partial charge in [0.05, 0.1) is 0 Å². The summed E-state index contributed by atoms with van der Waals surface area (Å²) in [6, 6.07) is 7.00. The van der Waals surface area contributed by atoms with Crippen LogP contribution in [0.1, 0.15) is 31.9 Å². The van der Waals surface area contributed by atoms with Gasteiger partial charge in [0.15, 0.2) is 0 Å². The molecule has 3 N–H and O–H groups in total. The second-order valence-corrected chi connectivity index (χ2v) is 5.90. The zero-order valence-electron chi connectivity index (χ0n) is 12.2. The van der Waals surface area contributed by atoms with E-state index in [4.69, 9.17) is 10.2 Å². The molecule has 0 saturated heterocycles. The smallest absolute Gasteiger partial charge is 0.341 e. The van der Waals surface area contributed by atoms with Crippen molar-refractivity contribution in [2.24, 2.45) is 0 Å². The summed E-state index contributed by atoms with van der Waals surface area (Å²) in [6.45, 7) is 6.11. The van der Waals surface area contributed by atoms with Crippen molar-refractivity contribution in [1.29, 1.82) is 0 Å². The molecule has 0 aliphatic rings. The Morgan fingerprint density at radius 2 is 1.57 bits per heavy atom. The van der Waals surface area contributed by atoms with Crippen molar-refractivity contribution < 1.29 is 24.6 Å². The predicted octanol–water partition coefficient (Wildman–Crippen LogP) is 1.18. The van der Waals surface area contributed by atoms with E-state index in [1.165, 1.54) is 0 Å². The molecule has 0 radical (unpaired) electrons. The molecule has 6 heteroatoms. The zero-order chi connectivity index (χ0) is 16.3. The molecule has 1 aromatic rings. The van der Waals surface area contributed by atoms with Crippen LogP contribution in [0.5, 0.6) is 0 Å². The Hall–Kier alpha value is -2.37. The van der Waals surface area contributed by atoms with E-state index in [0.29, 0.717) is 5.56 Å². The third-order valence-electron chi connectivity index (χ3n) is 3.32. The van der Waals surface area contributed by atoms with Gasteiger partial charge in [-0.3, -0.25) is 4.79 Å². The standard InChI is InChI=1S/C15H19NO5/c1-14(2,3)11-6-4-10(5-7-11)8-15(12(18)19,13(20)21)16-9-17/h4-7,9H,8H2,1-3H3,(H,16,17)(H,18,19)(H,20,21). The number of carbonyl (C=O) groups is 3. The number of hydrogen-bond acceptors (Lipinski definition) is 3. The minimum atomic E-state index is -2.36.